The zero-order valence-corrected chi connectivity index (χ0v) is 41.6. The predicted molar refractivity (Wildman–Crippen MR) is 270 cm³/mol. The summed E-state index contributed by atoms with van der Waals surface area (Å²) in [5.41, 5.74) is 23.0. The van der Waals surface area contributed by atoms with Gasteiger partial charge in [0.25, 0.3) is 0 Å². The van der Waals surface area contributed by atoms with Crippen molar-refractivity contribution in [1.82, 2.24) is 0 Å². The third kappa shape index (κ3) is 12.7. The second-order valence-corrected chi connectivity index (χ2v) is 19.1. The molecule has 0 spiro atoms. The quantitative estimate of drug-likeness (QED) is 0.0635. The van der Waals surface area contributed by atoms with Crippen molar-refractivity contribution >= 4 is 0 Å². The van der Waals surface area contributed by atoms with Crippen LogP contribution in [0.25, 0.3) is 0 Å². The van der Waals surface area contributed by atoms with Gasteiger partial charge in [0.1, 0.15) is 5.75 Å². The molecule has 4 aromatic rings. The Morgan fingerprint density at radius 2 is 0.574 bits per heavy atom. The zero-order valence-electron chi connectivity index (χ0n) is 41.6. The first-order valence-electron chi connectivity index (χ1n) is 25.8. The summed E-state index contributed by atoms with van der Waals surface area (Å²) >= 11 is 0. The average Bonchev–Trinajstić information content (AvgIpc) is 3.24. The van der Waals surface area contributed by atoms with Crippen LogP contribution in [0, 0.1) is 0 Å². The Bertz CT molecular complexity index is 1940. The topological polar surface area (TPSA) is 20.2 Å². The molecule has 0 aliphatic carbocycles. The van der Waals surface area contributed by atoms with Gasteiger partial charge in [-0.2, -0.15) is 0 Å². The van der Waals surface area contributed by atoms with E-state index < -0.39 is 0 Å². The van der Waals surface area contributed by atoms with Crippen LogP contribution in [0.3, 0.4) is 0 Å². The summed E-state index contributed by atoms with van der Waals surface area (Å²) in [5.74, 6) is 1.52. The Balaban J connectivity index is 1.92. The molecule has 4 aromatic carbocycles. The third-order valence-corrected chi connectivity index (χ3v) is 13.9. The summed E-state index contributed by atoms with van der Waals surface area (Å²) < 4.78 is 0. The molecule has 0 saturated carbocycles. The SMILES string of the molecule is CCCc1ccc(C(C)Cc2ccc(O)c(CC(C)c3ccc(CCC)c(CCC)c3CCC)c2CC(C)c2ccc(CCC)c(CCC)c2CCC)c(CCC)c1CCC. The Labute approximate surface area is 377 Å². The second-order valence-electron chi connectivity index (χ2n) is 19.1. The minimum atomic E-state index is 0.305. The third-order valence-electron chi connectivity index (χ3n) is 13.9. The van der Waals surface area contributed by atoms with Gasteiger partial charge in [0.15, 0.2) is 0 Å². The molecule has 3 atom stereocenters. The van der Waals surface area contributed by atoms with Crippen molar-refractivity contribution in [3.63, 3.8) is 0 Å². The van der Waals surface area contributed by atoms with Gasteiger partial charge in [-0.05, 0) is 184 Å². The molecule has 0 aliphatic rings. The normalized spacial score (nSPS) is 13.2. The lowest BCUT2D eigenvalue weighted by Gasteiger charge is -2.28. The van der Waals surface area contributed by atoms with E-state index in [1.54, 1.807) is 55.6 Å². The van der Waals surface area contributed by atoms with Crippen LogP contribution >= 0.6 is 0 Å². The van der Waals surface area contributed by atoms with E-state index in [9.17, 15) is 5.11 Å². The largest absolute Gasteiger partial charge is 0.508 e. The van der Waals surface area contributed by atoms with E-state index in [2.05, 4.69) is 132 Å². The Kier molecular flexibility index (Phi) is 21.2. The lowest BCUT2D eigenvalue weighted by Crippen LogP contribution is -2.14. The van der Waals surface area contributed by atoms with Crippen molar-refractivity contribution in [1.29, 1.82) is 0 Å². The summed E-state index contributed by atoms with van der Waals surface area (Å²) in [6.45, 7) is 28.5. The molecule has 0 amide bonds. The molecule has 0 heterocycles. The van der Waals surface area contributed by atoms with E-state index >= 15 is 0 Å². The number of rotatable bonds is 27. The smallest absolute Gasteiger partial charge is 0.119 e. The highest BCUT2D eigenvalue weighted by atomic mass is 16.3. The maximum Gasteiger partial charge on any atom is 0.119 e. The standard InChI is InChI=1S/C60H90O/c1-13-22-45-31-35-49(55(28-19-7)52(45)25-16-4)42(10)39-48-34-38-60(61)59(41-44(12)51-37-33-47(24-15-3)54(27-18-6)57(51)30-21-9)58(48)40-43(11)50-36-32-46(23-14-2)53(26-17-5)56(50)29-20-8/h31-38,42-44,61H,13-30,39-41H2,1-12H3. The molecule has 0 aliphatic heterocycles. The van der Waals surface area contributed by atoms with Gasteiger partial charge >= 0.3 is 0 Å². The lowest BCUT2D eigenvalue weighted by atomic mass is 9.77. The first-order valence-corrected chi connectivity index (χ1v) is 25.8. The van der Waals surface area contributed by atoms with Gasteiger partial charge in [0.05, 0.1) is 0 Å². The lowest BCUT2D eigenvalue weighted by molar-refractivity contribution is 0.463. The molecule has 4 rings (SSSR count). The van der Waals surface area contributed by atoms with Crippen LogP contribution in [0.1, 0.15) is 242 Å². The van der Waals surface area contributed by atoms with Crippen LogP contribution in [-0.4, -0.2) is 5.11 Å². The minimum absolute atomic E-state index is 0.305. The summed E-state index contributed by atoms with van der Waals surface area (Å²) in [4.78, 5) is 0. The van der Waals surface area contributed by atoms with Gasteiger partial charge in [0.2, 0.25) is 0 Å². The van der Waals surface area contributed by atoms with Gasteiger partial charge in [-0.3, -0.25) is 0 Å². The molecule has 1 heteroatoms. The number of phenolic OH excluding ortho intramolecular Hbond substituents is 1. The first kappa shape index (κ1) is 50.3. The first-order chi connectivity index (χ1) is 29.6. The van der Waals surface area contributed by atoms with Crippen LogP contribution < -0.4 is 0 Å². The number of hydrogen-bond acceptors (Lipinski definition) is 1. The maximum absolute atomic E-state index is 12.1. The number of aromatic hydroxyl groups is 1. The van der Waals surface area contributed by atoms with Gasteiger partial charge in [-0.25, -0.2) is 0 Å². The van der Waals surface area contributed by atoms with E-state index in [-0.39, 0.29) is 0 Å². The molecular formula is C60H90O. The molecule has 0 fully saturated rings. The highest BCUT2D eigenvalue weighted by molar-refractivity contribution is 5.51. The van der Waals surface area contributed by atoms with Crippen molar-refractivity contribution in [3.05, 3.63) is 132 Å². The monoisotopic (exact) mass is 827 g/mol. The van der Waals surface area contributed by atoms with Gasteiger partial charge in [0, 0.05) is 0 Å². The summed E-state index contributed by atoms with van der Waals surface area (Å²) in [6.07, 6.45) is 23.8. The number of hydrogen-bond donors (Lipinski definition) is 1. The second kappa shape index (κ2) is 25.7. The highest BCUT2D eigenvalue weighted by Crippen LogP contribution is 2.40. The van der Waals surface area contributed by atoms with Crippen molar-refractivity contribution in [2.45, 2.75) is 236 Å². The summed E-state index contributed by atoms with van der Waals surface area (Å²) in [6, 6.07) is 19.2. The molecule has 0 bridgehead atoms. The maximum atomic E-state index is 12.1. The van der Waals surface area contributed by atoms with E-state index in [0.29, 0.717) is 23.5 Å². The molecule has 0 saturated heterocycles. The highest BCUT2D eigenvalue weighted by Gasteiger charge is 2.26. The fourth-order valence-corrected chi connectivity index (χ4v) is 11.2. The van der Waals surface area contributed by atoms with Crippen molar-refractivity contribution in [2.24, 2.45) is 0 Å². The van der Waals surface area contributed by atoms with E-state index in [1.165, 1.54) is 85.6 Å². The number of benzene rings is 4. The Morgan fingerprint density at radius 3 is 0.902 bits per heavy atom. The van der Waals surface area contributed by atoms with Gasteiger partial charge < -0.3 is 5.11 Å². The van der Waals surface area contributed by atoms with Crippen LogP contribution in [0.15, 0.2) is 48.5 Å². The van der Waals surface area contributed by atoms with Gasteiger partial charge in [-0.15, -0.1) is 0 Å². The van der Waals surface area contributed by atoms with E-state index in [4.69, 9.17) is 0 Å². The molecule has 0 aromatic heterocycles. The average molecular weight is 827 g/mol. The molecule has 61 heavy (non-hydrogen) atoms. The predicted octanol–water partition coefficient (Wildman–Crippen LogP) is 17.0. The summed E-state index contributed by atoms with van der Waals surface area (Å²) in [5, 5.41) is 12.1. The van der Waals surface area contributed by atoms with E-state index in [1.807, 2.05) is 0 Å². The van der Waals surface area contributed by atoms with Crippen LogP contribution in [0.2, 0.25) is 0 Å². The number of aryl methyl sites for hydroxylation is 3. The fourth-order valence-electron chi connectivity index (χ4n) is 11.2. The number of phenols is 1. The molecule has 3 unspecified atom stereocenters. The van der Waals surface area contributed by atoms with Crippen molar-refractivity contribution < 1.29 is 5.11 Å². The molecule has 1 N–H and O–H groups in total. The fraction of sp³-hybridized carbons (Fsp3) is 0.600. The molecule has 336 valence electrons. The molecule has 0 radical (unpaired) electrons. The van der Waals surface area contributed by atoms with Crippen LogP contribution in [0.5, 0.6) is 5.75 Å². The van der Waals surface area contributed by atoms with E-state index in [0.717, 1.165) is 77.0 Å². The molecular weight excluding hydrogens is 737 g/mol. The molecule has 1 nitrogen and oxygen atoms in total. The van der Waals surface area contributed by atoms with Crippen LogP contribution in [0.4, 0.5) is 0 Å². The van der Waals surface area contributed by atoms with Crippen LogP contribution in [-0.2, 0) is 77.0 Å². The minimum Gasteiger partial charge on any atom is -0.508 e. The van der Waals surface area contributed by atoms with Crippen molar-refractivity contribution in [3.8, 4) is 5.75 Å². The Hall–Kier alpha value is -3.32. The summed E-state index contributed by atoms with van der Waals surface area (Å²) in [7, 11) is 0. The zero-order chi connectivity index (χ0) is 44.5. The van der Waals surface area contributed by atoms with Gasteiger partial charge in [-0.1, -0.05) is 183 Å². The van der Waals surface area contributed by atoms with Crippen molar-refractivity contribution in [2.75, 3.05) is 0 Å². The Morgan fingerprint density at radius 1 is 0.295 bits per heavy atom.